The average Bonchev–Trinajstić information content (AvgIpc) is 2.88. The molecule has 0 aromatic carbocycles. The fourth-order valence-corrected chi connectivity index (χ4v) is 3.59. The number of rotatable bonds is 4. The van der Waals surface area contributed by atoms with Crippen molar-refractivity contribution in [2.75, 3.05) is 13.1 Å². The molecule has 1 aliphatic rings. The molecule has 0 saturated carbocycles. The van der Waals surface area contributed by atoms with Gasteiger partial charge in [0, 0.05) is 18.0 Å². The molecule has 3 N–H and O–H groups in total. The minimum absolute atomic E-state index is 0. The number of aliphatic hydroxyl groups excluding tert-OH is 1. The van der Waals surface area contributed by atoms with E-state index in [0.29, 0.717) is 19.5 Å². The van der Waals surface area contributed by atoms with Crippen molar-refractivity contribution < 1.29 is 9.90 Å². The molecule has 7 heteroatoms. The molecule has 2 rings (SSSR count). The van der Waals surface area contributed by atoms with Gasteiger partial charge in [0.25, 0.3) is 0 Å². The van der Waals surface area contributed by atoms with Crippen LogP contribution in [0.2, 0.25) is 0 Å². The van der Waals surface area contributed by atoms with Gasteiger partial charge in [-0.3, -0.25) is 4.79 Å². The van der Waals surface area contributed by atoms with Gasteiger partial charge in [-0.05, 0) is 47.6 Å². The number of amides is 1. The highest BCUT2D eigenvalue weighted by atomic mass is 127. The number of β-amino-alcohol motifs (C(OH)–C–C–N with tert-alkyl or cyclic N) is 1. The van der Waals surface area contributed by atoms with E-state index in [9.17, 15) is 9.90 Å². The van der Waals surface area contributed by atoms with E-state index in [0.717, 1.165) is 6.42 Å². The van der Waals surface area contributed by atoms with Crippen molar-refractivity contribution in [1.29, 1.82) is 0 Å². The molecule has 102 valence electrons. The summed E-state index contributed by atoms with van der Waals surface area (Å²) < 4.78 is 1.27. The first-order valence-electron chi connectivity index (χ1n) is 5.58. The lowest BCUT2D eigenvalue weighted by atomic mass is 10.2. The molecule has 0 spiro atoms. The molecule has 4 nitrogen and oxygen atoms in total. The van der Waals surface area contributed by atoms with Crippen molar-refractivity contribution in [2.24, 2.45) is 0 Å². The Bertz CT molecular complexity index is 402. The van der Waals surface area contributed by atoms with Gasteiger partial charge in [-0.15, -0.1) is 23.7 Å². The van der Waals surface area contributed by atoms with E-state index in [1.54, 1.807) is 11.3 Å². The Morgan fingerprint density at radius 3 is 2.94 bits per heavy atom. The number of halogens is 2. The van der Waals surface area contributed by atoms with Crippen LogP contribution in [0.4, 0.5) is 0 Å². The van der Waals surface area contributed by atoms with Gasteiger partial charge < -0.3 is 15.7 Å². The second kappa shape index (κ2) is 7.64. The quantitative estimate of drug-likeness (QED) is 0.662. The summed E-state index contributed by atoms with van der Waals surface area (Å²) in [5, 5.41) is 15.2. The van der Waals surface area contributed by atoms with E-state index < -0.39 is 0 Å². The maximum atomic E-state index is 11.7. The van der Waals surface area contributed by atoms with E-state index in [-0.39, 0.29) is 30.5 Å². The molecule has 1 aromatic heterocycles. The third kappa shape index (κ3) is 4.65. The number of nitrogens with one attached hydrogen (secondary N) is 2. The fourth-order valence-electron chi connectivity index (χ4n) is 1.83. The average molecular weight is 403 g/mol. The van der Waals surface area contributed by atoms with Crippen molar-refractivity contribution >= 4 is 52.2 Å². The molecule has 0 bridgehead atoms. The third-order valence-electron chi connectivity index (χ3n) is 2.72. The number of carbonyl (C=O) groups excluding carboxylic acids is 1. The summed E-state index contributed by atoms with van der Waals surface area (Å²) in [6.45, 7) is 1.17. The van der Waals surface area contributed by atoms with Crippen LogP contribution in [0.15, 0.2) is 12.1 Å². The first-order chi connectivity index (χ1) is 8.15. The van der Waals surface area contributed by atoms with Crippen LogP contribution in [0.5, 0.6) is 0 Å². The van der Waals surface area contributed by atoms with Crippen molar-refractivity contribution in [3.63, 3.8) is 0 Å². The van der Waals surface area contributed by atoms with Gasteiger partial charge in [-0.2, -0.15) is 0 Å². The number of hydrogen-bond acceptors (Lipinski definition) is 4. The van der Waals surface area contributed by atoms with E-state index in [1.165, 1.54) is 7.76 Å². The zero-order valence-electron chi connectivity index (χ0n) is 9.69. The van der Waals surface area contributed by atoms with Gasteiger partial charge in [0.15, 0.2) is 0 Å². The van der Waals surface area contributed by atoms with E-state index in [2.05, 4.69) is 45.4 Å². The van der Waals surface area contributed by atoms with Crippen LogP contribution in [-0.4, -0.2) is 36.2 Å². The molecule has 0 radical (unpaired) electrons. The standard InChI is InChI=1S/C11H15IN2O2S.ClH/c12-10-2-1-8(17-10)3-4-13-11(16)9-5-7(15)6-14-9;/h1-2,7,9,14-15H,3-6H2,(H,13,16);1H. The zero-order valence-corrected chi connectivity index (χ0v) is 13.5. The highest BCUT2D eigenvalue weighted by Crippen LogP contribution is 2.18. The second-order valence-electron chi connectivity index (χ2n) is 4.10. The van der Waals surface area contributed by atoms with Gasteiger partial charge in [0.05, 0.1) is 15.0 Å². The monoisotopic (exact) mass is 402 g/mol. The summed E-state index contributed by atoms with van der Waals surface area (Å²) in [5.74, 6) is -0.00666. The lowest BCUT2D eigenvalue weighted by Crippen LogP contribution is -2.41. The van der Waals surface area contributed by atoms with Crippen LogP contribution in [0, 0.1) is 2.88 Å². The van der Waals surface area contributed by atoms with Crippen LogP contribution in [0.1, 0.15) is 11.3 Å². The molecule has 0 aliphatic carbocycles. The van der Waals surface area contributed by atoms with Crippen molar-refractivity contribution in [1.82, 2.24) is 10.6 Å². The number of aliphatic hydroxyl groups is 1. The number of thiophene rings is 1. The van der Waals surface area contributed by atoms with Crippen molar-refractivity contribution in [3.8, 4) is 0 Å². The van der Waals surface area contributed by atoms with Gasteiger partial charge in [-0.1, -0.05) is 0 Å². The summed E-state index contributed by atoms with van der Waals surface area (Å²) in [7, 11) is 0. The molecule has 1 amide bonds. The highest BCUT2D eigenvalue weighted by Gasteiger charge is 2.27. The smallest absolute Gasteiger partial charge is 0.237 e. The predicted octanol–water partition coefficient (Wildman–Crippen LogP) is 1.16. The summed E-state index contributed by atoms with van der Waals surface area (Å²) in [6, 6.07) is 3.95. The fraction of sp³-hybridized carbons (Fsp3) is 0.545. The van der Waals surface area contributed by atoms with E-state index in [1.807, 2.05) is 0 Å². The van der Waals surface area contributed by atoms with E-state index in [4.69, 9.17) is 0 Å². The Balaban J connectivity index is 0.00000162. The SMILES string of the molecule is Cl.O=C(NCCc1ccc(I)s1)C1CC(O)CN1. The van der Waals surface area contributed by atoms with Gasteiger partial charge in [0.2, 0.25) is 5.91 Å². The van der Waals surface area contributed by atoms with Crippen LogP contribution in [0.25, 0.3) is 0 Å². The molecule has 2 heterocycles. The molecule has 2 unspecified atom stereocenters. The molecule has 1 fully saturated rings. The van der Waals surface area contributed by atoms with Crippen LogP contribution >= 0.6 is 46.3 Å². The summed E-state index contributed by atoms with van der Waals surface area (Å²) in [4.78, 5) is 13.0. The van der Waals surface area contributed by atoms with Crippen molar-refractivity contribution in [3.05, 3.63) is 19.9 Å². The molecule has 2 atom stereocenters. The van der Waals surface area contributed by atoms with Crippen LogP contribution in [-0.2, 0) is 11.2 Å². The number of carbonyl (C=O) groups is 1. The minimum atomic E-state index is -0.385. The lowest BCUT2D eigenvalue weighted by Gasteiger charge is -2.10. The first-order valence-corrected chi connectivity index (χ1v) is 7.48. The zero-order chi connectivity index (χ0) is 12.3. The van der Waals surface area contributed by atoms with Crippen LogP contribution < -0.4 is 10.6 Å². The summed E-state index contributed by atoms with van der Waals surface area (Å²) in [6.07, 6.45) is 1.00. The third-order valence-corrected chi connectivity index (χ3v) is 4.68. The van der Waals surface area contributed by atoms with Crippen LogP contribution in [0.3, 0.4) is 0 Å². The normalized spacial score (nSPS) is 22.6. The summed E-state index contributed by atoms with van der Waals surface area (Å²) in [5.41, 5.74) is 0. The molecule has 18 heavy (non-hydrogen) atoms. The predicted molar refractivity (Wildman–Crippen MR) is 83.4 cm³/mol. The Morgan fingerprint density at radius 1 is 1.61 bits per heavy atom. The molecular formula is C11H16ClIN2O2S. The number of hydrogen-bond donors (Lipinski definition) is 3. The summed E-state index contributed by atoms with van der Waals surface area (Å²) >= 11 is 4.04. The Labute approximate surface area is 130 Å². The second-order valence-corrected chi connectivity index (χ2v) is 7.16. The maximum absolute atomic E-state index is 11.7. The van der Waals surface area contributed by atoms with Crippen molar-refractivity contribution in [2.45, 2.75) is 25.0 Å². The molecule has 1 aromatic rings. The minimum Gasteiger partial charge on any atom is -0.392 e. The molecule has 1 saturated heterocycles. The maximum Gasteiger partial charge on any atom is 0.237 e. The van der Waals surface area contributed by atoms with Gasteiger partial charge in [0.1, 0.15) is 0 Å². The van der Waals surface area contributed by atoms with E-state index >= 15 is 0 Å². The Kier molecular flexibility index (Phi) is 6.86. The first kappa shape index (κ1) is 16.2. The van der Waals surface area contributed by atoms with Gasteiger partial charge >= 0.3 is 0 Å². The highest BCUT2D eigenvalue weighted by molar-refractivity contribution is 14.1. The Hall–Kier alpha value is 0.110. The van der Waals surface area contributed by atoms with Gasteiger partial charge in [-0.25, -0.2) is 0 Å². The molecular weight excluding hydrogens is 387 g/mol. The Morgan fingerprint density at radius 2 is 2.39 bits per heavy atom. The molecule has 1 aliphatic heterocycles. The largest absolute Gasteiger partial charge is 0.392 e. The topological polar surface area (TPSA) is 61.4 Å². The lowest BCUT2D eigenvalue weighted by molar-refractivity contribution is -0.122.